The minimum absolute atomic E-state index is 0.325. The van der Waals surface area contributed by atoms with Crippen LogP contribution >= 0.6 is 0 Å². The predicted octanol–water partition coefficient (Wildman–Crippen LogP) is 2.48. The molecule has 3 rings (SSSR count). The smallest absolute Gasteiger partial charge is 0.329 e. The molecule has 0 unspecified atom stereocenters. The van der Waals surface area contributed by atoms with Gasteiger partial charge < -0.3 is 10.1 Å². The molecule has 0 spiro atoms. The van der Waals surface area contributed by atoms with E-state index in [1.807, 2.05) is 30.3 Å². The van der Waals surface area contributed by atoms with Gasteiger partial charge in [0.05, 0.1) is 24.2 Å². The van der Waals surface area contributed by atoms with Gasteiger partial charge >= 0.3 is 5.97 Å². The van der Waals surface area contributed by atoms with Crippen LogP contribution in [-0.4, -0.2) is 29.6 Å². The molecule has 6 heteroatoms. The van der Waals surface area contributed by atoms with E-state index in [-0.39, 0.29) is 0 Å². The summed E-state index contributed by atoms with van der Waals surface area (Å²) < 4.78 is 4.72. The van der Waals surface area contributed by atoms with Crippen molar-refractivity contribution in [2.24, 2.45) is 11.8 Å². The third kappa shape index (κ3) is 3.09. The number of hydrogen-bond donors (Lipinski definition) is 1. The van der Waals surface area contributed by atoms with Crippen LogP contribution < -0.4 is 5.32 Å². The summed E-state index contributed by atoms with van der Waals surface area (Å²) in [5, 5.41) is 12.6. The van der Waals surface area contributed by atoms with Crippen molar-refractivity contribution in [3.8, 4) is 6.07 Å². The molecule has 0 bridgehead atoms. The lowest BCUT2D eigenvalue weighted by Gasteiger charge is -2.14. The van der Waals surface area contributed by atoms with Crippen molar-refractivity contribution in [2.75, 3.05) is 19.0 Å². The summed E-state index contributed by atoms with van der Waals surface area (Å²) in [5.41, 5.74) is 1.70. The van der Waals surface area contributed by atoms with Crippen LogP contribution in [0.1, 0.15) is 25.0 Å². The number of aromatic nitrogens is 2. The number of rotatable bonds is 5. The first-order valence-electron chi connectivity index (χ1n) is 7.62. The molecule has 0 radical (unpaired) electrons. The largest absolute Gasteiger partial charge is 0.468 e. The van der Waals surface area contributed by atoms with E-state index >= 15 is 0 Å². The van der Waals surface area contributed by atoms with E-state index in [0.717, 1.165) is 12.1 Å². The molecule has 2 aromatic rings. The van der Waals surface area contributed by atoms with Crippen LogP contribution in [0.3, 0.4) is 0 Å². The number of benzene rings is 1. The molecule has 1 saturated carbocycles. The fraction of sp³-hybridized carbons (Fsp3) is 0.412. The number of para-hydroxylation sites is 2. The van der Waals surface area contributed by atoms with Gasteiger partial charge in [0.15, 0.2) is 11.7 Å². The number of carbonyl (C=O) groups is 1. The van der Waals surface area contributed by atoms with Crippen molar-refractivity contribution in [3.63, 3.8) is 0 Å². The van der Waals surface area contributed by atoms with Gasteiger partial charge in [0, 0.05) is 6.54 Å². The maximum absolute atomic E-state index is 11.9. The average Bonchev–Trinajstić information content (AvgIpc) is 3.28. The maximum Gasteiger partial charge on any atom is 0.329 e. The highest BCUT2D eigenvalue weighted by Crippen LogP contribution is 2.38. The molecule has 1 aromatic heterocycles. The molecule has 1 heterocycles. The lowest BCUT2D eigenvalue weighted by Crippen LogP contribution is -2.18. The number of esters is 1. The summed E-state index contributed by atoms with van der Waals surface area (Å²) >= 11 is 0. The lowest BCUT2D eigenvalue weighted by molar-refractivity contribution is -0.141. The molecule has 3 atom stereocenters. The molecular weight excluding hydrogens is 292 g/mol. The van der Waals surface area contributed by atoms with Crippen LogP contribution in [0.5, 0.6) is 0 Å². The average molecular weight is 310 g/mol. The highest BCUT2D eigenvalue weighted by Gasteiger charge is 2.33. The molecule has 1 aliphatic rings. The van der Waals surface area contributed by atoms with Crippen LogP contribution in [0.25, 0.3) is 11.0 Å². The molecule has 0 aliphatic heterocycles. The van der Waals surface area contributed by atoms with Gasteiger partial charge in [-0.25, -0.2) is 9.97 Å². The molecule has 6 nitrogen and oxygen atoms in total. The van der Waals surface area contributed by atoms with Gasteiger partial charge in [-0.05, 0) is 30.4 Å². The molecule has 1 N–H and O–H groups in total. The molecular formula is C17H18N4O2. The minimum atomic E-state index is -1.09. The topological polar surface area (TPSA) is 87.9 Å². The number of methoxy groups -OCH3 is 1. The summed E-state index contributed by atoms with van der Waals surface area (Å²) in [6.07, 6.45) is 1.18. The minimum Gasteiger partial charge on any atom is -0.468 e. The number of hydrogen-bond acceptors (Lipinski definition) is 6. The summed E-state index contributed by atoms with van der Waals surface area (Å²) in [4.78, 5) is 20.9. The van der Waals surface area contributed by atoms with Crippen LogP contribution in [-0.2, 0) is 9.53 Å². The van der Waals surface area contributed by atoms with Crippen molar-refractivity contribution in [2.45, 2.75) is 19.3 Å². The van der Waals surface area contributed by atoms with Crippen molar-refractivity contribution in [1.82, 2.24) is 9.97 Å². The lowest BCUT2D eigenvalue weighted by atomic mass is 10.1. The summed E-state index contributed by atoms with van der Waals surface area (Å²) in [7, 11) is 1.26. The summed E-state index contributed by atoms with van der Waals surface area (Å²) in [5.74, 6) is 0.0809. The van der Waals surface area contributed by atoms with Crippen LogP contribution in [0.15, 0.2) is 24.3 Å². The van der Waals surface area contributed by atoms with E-state index in [2.05, 4.69) is 22.2 Å². The molecule has 118 valence electrons. The second-order valence-electron chi connectivity index (χ2n) is 5.89. The highest BCUT2D eigenvalue weighted by atomic mass is 16.5. The Labute approximate surface area is 134 Å². The number of anilines is 1. The number of ether oxygens (including phenoxy) is 1. The predicted molar refractivity (Wildman–Crippen MR) is 85.7 cm³/mol. The summed E-state index contributed by atoms with van der Waals surface area (Å²) in [6, 6.07) is 9.36. The van der Waals surface area contributed by atoms with Gasteiger partial charge in [-0.2, -0.15) is 5.26 Å². The van der Waals surface area contributed by atoms with E-state index in [9.17, 15) is 10.1 Å². The SMILES string of the molecule is COC(=O)[C@H](C#N)c1nc2ccccc2nc1NC[C@@H]1C[C@H]1C. The van der Waals surface area contributed by atoms with E-state index in [1.165, 1.54) is 13.5 Å². The fourth-order valence-corrected chi connectivity index (χ4v) is 2.60. The Morgan fingerprint density at radius 1 is 1.43 bits per heavy atom. The summed E-state index contributed by atoms with van der Waals surface area (Å²) in [6.45, 7) is 2.96. The third-order valence-corrected chi connectivity index (χ3v) is 4.24. The standard InChI is InChI=1S/C17H18N4O2/c1-10-7-11(10)9-19-16-15(12(8-18)17(22)23-2)20-13-5-3-4-6-14(13)21-16/h3-6,10-12H,7,9H2,1-2H3,(H,19,21)/t10-,11+,12-/m1/s1. The van der Waals surface area contributed by atoms with Gasteiger partial charge in [-0.1, -0.05) is 19.1 Å². The Kier molecular flexibility index (Phi) is 4.11. The normalized spacial score (nSPS) is 20.6. The Bertz CT molecular complexity index is 784. The van der Waals surface area contributed by atoms with Crippen molar-refractivity contribution >= 4 is 22.8 Å². The molecule has 0 amide bonds. The van der Waals surface area contributed by atoms with E-state index < -0.39 is 11.9 Å². The zero-order valence-corrected chi connectivity index (χ0v) is 13.1. The first-order chi connectivity index (χ1) is 11.1. The van der Waals surface area contributed by atoms with Gasteiger partial charge in [-0.15, -0.1) is 0 Å². The quantitative estimate of drug-likeness (QED) is 0.854. The Morgan fingerprint density at radius 3 is 2.65 bits per heavy atom. The fourth-order valence-electron chi connectivity index (χ4n) is 2.60. The number of carbonyl (C=O) groups excluding carboxylic acids is 1. The van der Waals surface area contributed by atoms with Crippen LogP contribution in [0.2, 0.25) is 0 Å². The molecule has 23 heavy (non-hydrogen) atoms. The Hall–Kier alpha value is -2.68. The highest BCUT2D eigenvalue weighted by molar-refractivity contribution is 5.84. The molecule has 1 fully saturated rings. The first kappa shape index (κ1) is 15.2. The van der Waals surface area contributed by atoms with Gasteiger partial charge in [0.2, 0.25) is 0 Å². The maximum atomic E-state index is 11.9. The van der Waals surface area contributed by atoms with Crippen molar-refractivity contribution in [3.05, 3.63) is 30.0 Å². The first-order valence-corrected chi connectivity index (χ1v) is 7.62. The van der Waals surface area contributed by atoms with Gasteiger partial charge in [-0.3, -0.25) is 4.79 Å². The molecule has 0 saturated heterocycles. The van der Waals surface area contributed by atoms with E-state index in [0.29, 0.717) is 28.9 Å². The number of nitriles is 1. The second-order valence-corrected chi connectivity index (χ2v) is 5.89. The van der Waals surface area contributed by atoms with Crippen LogP contribution in [0, 0.1) is 23.2 Å². The third-order valence-electron chi connectivity index (χ3n) is 4.24. The van der Waals surface area contributed by atoms with E-state index in [1.54, 1.807) is 0 Å². The molecule has 1 aliphatic carbocycles. The van der Waals surface area contributed by atoms with Gasteiger partial charge in [0.1, 0.15) is 5.69 Å². The number of nitrogens with one attached hydrogen (secondary N) is 1. The zero-order chi connectivity index (χ0) is 16.4. The number of nitrogens with zero attached hydrogens (tertiary/aromatic N) is 3. The Balaban J connectivity index is 2.01. The second kappa shape index (κ2) is 6.21. The monoisotopic (exact) mass is 310 g/mol. The number of fused-ring (bicyclic) bond motifs is 1. The van der Waals surface area contributed by atoms with Crippen LogP contribution in [0.4, 0.5) is 5.82 Å². The van der Waals surface area contributed by atoms with Gasteiger partial charge in [0.25, 0.3) is 0 Å². The Morgan fingerprint density at radius 2 is 2.09 bits per heavy atom. The zero-order valence-electron chi connectivity index (χ0n) is 13.1. The van der Waals surface area contributed by atoms with Crippen molar-refractivity contribution in [1.29, 1.82) is 5.26 Å². The molecule has 1 aromatic carbocycles. The van der Waals surface area contributed by atoms with E-state index in [4.69, 9.17) is 4.74 Å². The van der Waals surface area contributed by atoms with Crippen molar-refractivity contribution < 1.29 is 9.53 Å².